The third-order valence-corrected chi connectivity index (χ3v) is 6.08. The molecule has 2 N–H and O–H groups in total. The van der Waals surface area contributed by atoms with Crippen molar-refractivity contribution in [2.24, 2.45) is 17.8 Å². The average Bonchev–Trinajstić information content (AvgIpc) is 3.06. The van der Waals surface area contributed by atoms with Crippen LogP contribution in [0.3, 0.4) is 0 Å². The van der Waals surface area contributed by atoms with Gasteiger partial charge in [0, 0.05) is 12.1 Å². The van der Waals surface area contributed by atoms with Crippen LogP contribution in [0.5, 0.6) is 0 Å². The molecule has 0 aromatic carbocycles. The van der Waals surface area contributed by atoms with Crippen LogP contribution < -0.4 is 10.6 Å². The van der Waals surface area contributed by atoms with Gasteiger partial charge in [-0.3, -0.25) is 4.79 Å². The van der Waals surface area contributed by atoms with E-state index < -0.39 is 0 Å². The summed E-state index contributed by atoms with van der Waals surface area (Å²) in [6, 6.07) is -0.151. The molecule has 5 rings (SSSR count). The molecule has 1 aromatic heterocycles. The van der Waals surface area contributed by atoms with E-state index in [0.29, 0.717) is 13.1 Å². The van der Waals surface area contributed by atoms with Crippen molar-refractivity contribution >= 4 is 12.0 Å². The van der Waals surface area contributed by atoms with Crippen LogP contribution in [0.15, 0.2) is 12.7 Å². The molecule has 4 aliphatic carbocycles. The number of urea groups is 1. The lowest BCUT2D eigenvalue weighted by Crippen LogP contribution is -2.61. The Morgan fingerprint density at radius 1 is 1.15 bits per heavy atom. The first-order valence-electron chi connectivity index (χ1n) is 9.64. The quantitative estimate of drug-likeness (QED) is 0.717. The fourth-order valence-electron chi connectivity index (χ4n) is 5.50. The zero-order chi connectivity index (χ0) is 18.0. The number of carbonyl (C=O) groups is 2. The highest BCUT2D eigenvalue weighted by Crippen LogP contribution is 2.55. The molecule has 4 aliphatic rings. The van der Waals surface area contributed by atoms with Gasteiger partial charge in [0.25, 0.3) is 0 Å². The van der Waals surface area contributed by atoms with E-state index in [-0.39, 0.29) is 30.6 Å². The van der Waals surface area contributed by atoms with E-state index >= 15 is 0 Å². The molecule has 4 saturated carbocycles. The largest absolute Gasteiger partial charge is 0.464 e. The number of nitrogens with zero attached hydrogens (tertiary/aromatic N) is 3. The lowest BCUT2D eigenvalue weighted by Gasteiger charge is -2.56. The second kappa shape index (κ2) is 7.25. The number of hydrogen-bond donors (Lipinski definition) is 2. The van der Waals surface area contributed by atoms with Crippen LogP contribution in [0, 0.1) is 17.8 Å². The Balaban J connectivity index is 1.14. The van der Waals surface area contributed by atoms with Crippen LogP contribution >= 0.6 is 0 Å². The fraction of sp³-hybridized carbons (Fsp3) is 0.778. The molecular formula is C18H27N5O3. The van der Waals surface area contributed by atoms with Crippen molar-refractivity contribution in [2.75, 3.05) is 13.2 Å². The number of carbonyl (C=O) groups excluding carboxylic acids is 2. The molecule has 4 bridgehead atoms. The normalized spacial score (nSPS) is 31.6. The minimum Gasteiger partial charge on any atom is -0.464 e. The van der Waals surface area contributed by atoms with Gasteiger partial charge in [-0.2, -0.15) is 5.10 Å². The van der Waals surface area contributed by atoms with E-state index in [4.69, 9.17) is 4.74 Å². The van der Waals surface area contributed by atoms with Crippen LogP contribution in [0.2, 0.25) is 0 Å². The second-order valence-corrected chi connectivity index (χ2v) is 8.21. The monoisotopic (exact) mass is 361 g/mol. The topological polar surface area (TPSA) is 98.1 Å². The molecule has 0 aliphatic heterocycles. The summed E-state index contributed by atoms with van der Waals surface area (Å²) in [5.74, 6) is 2.06. The van der Waals surface area contributed by atoms with Crippen molar-refractivity contribution < 1.29 is 14.3 Å². The van der Waals surface area contributed by atoms with Crippen LogP contribution in [-0.2, 0) is 16.1 Å². The van der Waals surface area contributed by atoms with E-state index in [1.165, 1.54) is 25.6 Å². The molecule has 4 fully saturated rings. The Bertz CT molecular complexity index is 610. The van der Waals surface area contributed by atoms with Crippen LogP contribution in [0.25, 0.3) is 0 Å². The molecule has 8 heteroatoms. The number of aromatic nitrogens is 3. The van der Waals surface area contributed by atoms with Crippen LogP contribution in [0.4, 0.5) is 4.79 Å². The molecule has 1 heterocycles. The summed E-state index contributed by atoms with van der Waals surface area (Å²) in [6.07, 6.45) is 10.6. The molecule has 0 spiro atoms. The summed E-state index contributed by atoms with van der Waals surface area (Å²) in [7, 11) is 0. The van der Waals surface area contributed by atoms with Gasteiger partial charge in [0.15, 0.2) is 0 Å². The van der Waals surface area contributed by atoms with Gasteiger partial charge in [-0.15, -0.1) is 0 Å². The van der Waals surface area contributed by atoms with Crippen LogP contribution in [0.1, 0.15) is 44.9 Å². The second-order valence-electron chi connectivity index (χ2n) is 8.21. The standard InChI is InChI=1S/C18H27N5O3/c24-16(26-4-3-23-12-19-11-21-23)1-2-20-17(25)22-18-8-13-5-14(9-18)7-15(6-13)10-18/h11-15H,1-10H2,(H2,20,22,25). The smallest absolute Gasteiger partial charge is 0.315 e. The van der Waals surface area contributed by atoms with Gasteiger partial charge in [-0.1, -0.05) is 0 Å². The van der Waals surface area contributed by atoms with E-state index in [1.807, 2.05) is 0 Å². The zero-order valence-corrected chi connectivity index (χ0v) is 15.0. The summed E-state index contributed by atoms with van der Waals surface area (Å²) in [4.78, 5) is 27.8. The van der Waals surface area contributed by atoms with Gasteiger partial charge in [0.2, 0.25) is 0 Å². The SMILES string of the molecule is O=C(NCCC(=O)OCCn1cncn1)NC12CC3CC(CC(C3)C1)C2. The third-order valence-electron chi connectivity index (χ3n) is 6.08. The predicted molar refractivity (Wildman–Crippen MR) is 93.0 cm³/mol. The van der Waals surface area contributed by atoms with Gasteiger partial charge in [0.05, 0.1) is 13.0 Å². The Morgan fingerprint density at radius 3 is 2.46 bits per heavy atom. The van der Waals surface area contributed by atoms with Crippen molar-refractivity contribution in [3.8, 4) is 0 Å². The summed E-state index contributed by atoms with van der Waals surface area (Å²) in [5.41, 5.74) is -0.00284. The number of hydrogen-bond acceptors (Lipinski definition) is 5. The Labute approximate surface area is 153 Å². The number of ether oxygens (including phenoxy) is 1. The van der Waals surface area contributed by atoms with E-state index in [1.54, 1.807) is 11.0 Å². The Kier molecular flexibility index (Phi) is 4.82. The molecule has 0 atom stereocenters. The van der Waals surface area contributed by atoms with Crippen molar-refractivity contribution in [1.82, 2.24) is 25.4 Å². The predicted octanol–water partition coefficient (Wildman–Crippen LogP) is 1.48. The molecule has 1 aromatic rings. The molecule has 0 unspecified atom stereocenters. The molecule has 142 valence electrons. The summed E-state index contributed by atoms with van der Waals surface area (Å²) in [5, 5.41) is 9.99. The van der Waals surface area contributed by atoms with Crippen molar-refractivity contribution in [3.05, 3.63) is 12.7 Å². The number of rotatable bonds is 7. The highest BCUT2D eigenvalue weighted by Gasteiger charge is 2.51. The number of nitrogens with one attached hydrogen (secondary N) is 2. The Hall–Kier alpha value is -2.12. The summed E-state index contributed by atoms with van der Waals surface area (Å²) < 4.78 is 6.73. The molecule has 0 saturated heterocycles. The number of amides is 2. The molecule has 0 radical (unpaired) electrons. The fourth-order valence-corrected chi connectivity index (χ4v) is 5.50. The molecule has 2 amide bonds. The highest BCUT2D eigenvalue weighted by atomic mass is 16.5. The van der Waals surface area contributed by atoms with Crippen molar-refractivity contribution in [3.63, 3.8) is 0 Å². The first kappa shape index (κ1) is 17.3. The first-order chi connectivity index (χ1) is 12.6. The lowest BCUT2D eigenvalue weighted by molar-refractivity contribution is -0.143. The zero-order valence-electron chi connectivity index (χ0n) is 15.0. The average molecular weight is 361 g/mol. The van der Waals surface area contributed by atoms with Gasteiger partial charge < -0.3 is 15.4 Å². The van der Waals surface area contributed by atoms with E-state index in [0.717, 1.165) is 37.0 Å². The number of esters is 1. The summed E-state index contributed by atoms with van der Waals surface area (Å²) in [6.45, 7) is 1.02. The Morgan fingerprint density at radius 2 is 1.85 bits per heavy atom. The van der Waals surface area contributed by atoms with Crippen molar-refractivity contribution in [2.45, 2.75) is 57.0 Å². The van der Waals surface area contributed by atoms with Gasteiger partial charge in [-0.05, 0) is 56.3 Å². The third kappa shape index (κ3) is 3.99. The van der Waals surface area contributed by atoms with Gasteiger partial charge in [0.1, 0.15) is 19.3 Å². The minimum atomic E-state index is -0.319. The van der Waals surface area contributed by atoms with E-state index in [2.05, 4.69) is 20.7 Å². The molecule has 26 heavy (non-hydrogen) atoms. The summed E-state index contributed by atoms with van der Waals surface area (Å²) >= 11 is 0. The molecule has 8 nitrogen and oxygen atoms in total. The van der Waals surface area contributed by atoms with Crippen LogP contribution in [-0.4, -0.2) is 45.5 Å². The maximum absolute atomic E-state index is 12.3. The maximum atomic E-state index is 12.3. The first-order valence-corrected chi connectivity index (χ1v) is 9.64. The van der Waals surface area contributed by atoms with E-state index in [9.17, 15) is 9.59 Å². The lowest BCUT2D eigenvalue weighted by atomic mass is 9.53. The van der Waals surface area contributed by atoms with Crippen molar-refractivity contribution in [1.29, 1.82) is 0 Å². The van der Waals surface area contributed by atoms with Gasteiger partial charge in [-0.25, -0.2) is 14.5 Å². The van der Waals surface area contributed by atoms with Gasteiger partial charge >= 0.3 is 12.0 Å². The molecular weight excluding hydrogens is 334 g/mol. The maximum Gasteiger partial charge on any atom is 0.315 e. The minimum absolute atomic E-state index is 0.00284. The highest BCUT2D eigenvalue weighted by molar-refractivity contribution is 5.76.